The van der Waals surface area contributed by atoms with E-state index in [9.17, 15) is 23.1 Å². The van der Waals surface area contributed by atoms with Gasteiger partial charge in [0, 0.05) is 11.6 Å². The number of ether oxygens (including phenoxy) is 3. The van der Waals surface area contributed by atoms with Crippen molar-refractivity contribution in [2.24, 2.45) is 0 Å². The van der Waals surface area contributed by atoms with E-state index in [1.807, 2.05) is 60.7 Å². The number of benzene rings is 3. The topological polar surface area (TPSA) is 77.9 Å². The van der Waals surface area contributed by atoms with Crippen molar-refractivity contribution in [2.75, 3.05) is 0 Å². The van der Waals surface area contributed by atoms with Crippen LogP contribution in [0, 0.1) is 0 Å². The van der Waals surface area contributed by atoms with Gasteiger partial charge < -0.3 is 19.3 Å². The van der Waals surface area contributed by atoms with Gasteiger partial charge in [-0.2, -0.15) is 4.98 Å². The van der Waals surface area contributed by atoms with Crippen molar-refractivity contribution < 1.29 is 37.3 Å². The lowest BCUT2D eigenvalue weighted by Crippen LogP contribution is -2.19. The maximum Gasteiger partial charge on any atom is 0.573 e. The molecule has 0 saturated heterocycles. The molecule has 0 bridgehead atoms. The number of nitrogens with zero attached hydrogens (tertiary/aromatic N) is 1. The number of aromatic carboxylic acids is 1. The van der Waals surface area contributed by atoms with E-state index < -0.39 is 23.6 Å². The lowest BCUT2D eigenvalue weighted by Gasteiger charge is -2.15. The SMILES string of the molecule is O=C(O)c1cc(-c2ccc(OCc3ccccc3)nc2OCc2ccccc2)ccc1OC(F)(F)F. The third-order valence-corrected chi connectivity index (χ3v) is 5.03. The standard InChI is InChI=1S/C27H20F3NO5/c28-27(29,30)36-23-13-11-20(15-22(23)26(32)33)21-12-14-24(34-16-18-7-3-1-4-8-18)31-25(21)35-17-19-9-5-2-6-10-19/h1-15H,16-17H2,(H,32,33). The van der Waals surface area contributed by atoms with Gasteiger partial charge in [-0.1, -0.05) is 66.7 Å². The third kappa shape index (κ3) is 6.53. The normalized spacial score (nSPS) is 11.1. The second kappa shape index (κ2) is 10.8. The molecule has 0 aliphatic rings. The van der Waals surface area contributed by atoms with Gasteiger partial charge in [0.2, 0.25) is 11.8 Å². The smallest absolute Gasteiger partial charge is 0.478 e. The molecule has 4 rings (SSSR count). The average molecular weight is 495 g/mol. The van der Waals surface area contributed by atoms with Crippen molar-refractivity contribution in [1.82, 2.24) is 4.98 Å². The van der Waals surface area contributed by atoms with Gasteiger partial charge in [0.05, 0.1) is 0 Å². The first-order valence-electron chi connectivity index (χ1n) is 10.8. The summed E-state index contributed by atoms with van der Waals surface area (Å²) in [6.07, 6.45) is -5.03. The van der Waals surface area contributed by atoms with Crippen molar-refractivity contribution in [3.05, 3.63) is 108 Å². The molecule has 6 nitrogen and oxygen atoms in total. The number of pyridine rings is 1. The van der Waals surface area contributed by atoms with E-state index in [-0.39, 0.29) is 30.5 Å². The van der Waals surface area contributed by atoms with Crippen molar-refractivity contribution in [1.29, 1.82) is 0 Å². The summed E-state index contributed by atoms with van der Waals surface area (Å²) in [4.78, 5) is 16.1. The van der Waals surface area contributed by atoms with Crippen LogP contribution in [-0.2, 0) is 13.2 Å². The molecule has 0 fully saturated rings. The number of hydrogen-bond donors (Lipinski definition) is 1. The van der Waals surface area contributed by atoms with Crippen LogP contribution >= 0.6 is 0 Å². The van der Waals surface area contributed by atoms with E-state index in [4.69, 9.17) is 9.47 Å². The second-order valence-corrected chi connectivity index (χ2v) is 7.61. The van der Waals surface area contributed by atoms with Crippen LogP contribution in [0.4, 0.5) is 13.2 Å². The molecule has 0 unspecified atom stereocenters. The van der Waals surface area contributed by atoms with Gasteiger partial charge >= 0.3 is 12.3 Å². The quantitative estimate of drug-likeness (QED) is 0.286. The lowest BCUT2D eigenvalue weighted by atomic mass is 10.0. The molecule has 3 aromatic carbocycles. The fraction of sp³-hybridized carbons (Fsp3) is 0.111. The van der Waals surface area contributed by atoms with Crippen LogP contribution in [0.15, 0.2) is 91.0 Å². The lowest BCUT2D eigenvalue weighted by molar-refractivity contribution is -0.274. The van der Waals surface area contributed by atoms with Crippen LogP contribution < -0.4 is 14.2 Å². The molecule has 1 aromatic heterocycles. The molecule has 0 aliphatic heterocycles. The van der Waals surface area contributed by atoms with Crippen LogP contribution in [0.5, 0.6) is 17.5 Å². The zero-order valence-corrected chi connectivity index (χ0v) is 18.7. The number of carboxylic acids is 1. The van der Waals surface area contributed by atoms with Crippen LogP contribution in [-0.4, -0.2) is 22.4 Å². The average Bonchev–Trinajstić information content (AvgIpc) is 2.87. The minimum atomic E-state index is -5.03. The molecule has 0 saturated carbocycles. The van der Waals surface area contributed by atoms with Gasteiger partial charge in [-0.3, -0.25) is 0 Å². The molecule has 4 aromatic rings. The maximum absolute atomic E-state index is 12.7. The van der Waals surface area contributed by atoms with E-state index in [0.29, 0.717) is 5.56 Å². The number of alkyl halides is 3. The van der Waals surface area contributed by atoms with Crippen molar-refractivity contribution in [2.45, 2.75) is 19.6 Å². The molecule has 1 N–H and O–H groups in total. The minimum absolute atomic E-state index is 0.130. The van der Waals surface area contributed by atoms with E-state index in [0.717, 1.165) is 23.3 Å². The summed E-state index contributed by atoms with van der Waals surface area (Å²) in [6.45, 7) is 0.419. The van der Waals surface area contributed by atoms with Gasteiger partial charge in [-0.15, -0.1) is 13.2 Å². The molecule has 0 amide bonds. The van der Waals surface area contributed by atoms with Crippen molar-refractivity contribution in [3.8, 4) is 28.6 Å². The summed E-state index contributed by atoms with van der Waals surface area (Å²) < 4.78 is 53.7. The summed E-state index contributed by atoms with van der Waals surface area (Å²) in [6, 6.07) is 25.3. The molecule has 36 heavy (non-hydrogen) atoms. The Morgan fingerprint density at radius 3 is 2.00 bits per heavy atom. The molecule has 9 heteroatoms. The summed E-state index contributed by atoms with van der Waals surface area (Å²) in [7, 11) is 0. The van der Waals surface area contributed by atoms with E-state index in [1.54, 1.807) is 12.1 Å². The molecule has 0 aliphatic carbocycles. The Hall–Kier alpha value is -4.53. The summed E-state index contributed by atoms with van der Waals surface area (Å²) >= 11 is 0. The first-order chi connectivity index (χ1) is 17.3. The Bertz CT molecular complexity index is 1330. The second-order valence-electron chi connectivity index (χ2n) is 7.61. The van der Waals surface area contributed by atoms with Crippen LogP contribution in [0.1, 0.15) is 21.5 Å². The fourth-order valence-electron chi connectivity index (χ4n) is 3.37. The summed E-state index contributed by atoms with van der Waals surface area (Å²) in [5, 5.41) is 9.46. The highest BCUT2D eigenvalue weighted by Crippen LogP contribution is 2.35. The van der Waals surface area contributed by atoms with Crippen molar-refractivity contribution >= 4 is 5.97 Å². The Kier molecular flexibility index (Phi) is 7.39. The summed E-state index contributed by atoms with van der Waals surface area (Å²) in [5.41, 5.74) is 1.80. The third-order valence-electron chi connectivity index (χ3n) is 5.03. The number of rotatable bonds is 9. The van der Waals surface area contributed by atoms with Gasteiger partial charge in [0.25, 0.3) is 0 Å². The van der Waals surface area contributed by atoms with E-state index in [2.05, 4.69) is 9.72 Å². The minimum Gasteiger partial charge on any atom is -0.478 e. The maximum atomic E-state index is 12.7. The Labute approximate surface area is 204 Å². The molecular weight excluding hydrogens is 475 g/mol. The van der Waals surface area contributed by atoms with Gasteiger partial charge in [0.15, 0.2) is 0 Å². The molecule has 0 atom stereocenters. The van der Waals surface area contributed by atoms with E-state index >= 15 is 0 Å². The molecular formula is C27H20F3NO5. The molecule has 1 heterocycles. The number of carboxylic acid groups (broad SMARTS) is 1. The molecule has 0 radical (unpaired) electrons. The summed E-state index contributed by atoms with van der Waals surface area (Å²) in [5.74, 6) is -1.99. The first kappa shape index (κ1) is 24.6. The van der Waals surface area contributed by atoms with Crippen LogP contribution in [0.3, 0.4) is 0 Å². The number of carbonyl (C=O) groups is 1. The Morgan fingerprint density at radius 1 is 0.806 bits per heavy atom. The van der Waals surface area contributed by atoms with Crippen LogP contribution in [0.2, 0.25) is 0 Å². The first-order valence-corrected chi connectivity index (χ1v) is 10.8. The highest BCUT2D eigenvalue weighted by molar-refractivity contribution is 5.93. The van der Waals surface area contributed by atoms with Gasteiger partial charge in [0.1, 0.15) is 24.5 Å². The zero-order valence-electron chi connectivity index (χ0n) is 18.7. The predicted octanol–water partition coefficient (Wildman–Crippen LogP) is 6.50. The monoisotopic (exact) mass is 495 g/mol. The van der Waals surface area contributed by atoms with Crippen LogP contribution in [0.25, 0.3) is 11.1 Å². The van der Waals surface area contributed by atoms with Crippen molar-refractivity contribution in [3.63, 3.8) is 0 Å². The largest absolute Gasteiger partial charge is 0.573 e. The highest BCUT2D eigenvalue weighted by atomic mass is 19.4. The molecule has 184 valence electrons. The van der Waals surface area contributed by atoms with Gasteiger partial charge in [-0.05, 0) is 34.9 Å². The number of aromatic nitrogens is 1. The predicted molar refractivity (Wildman–Crippen MR) is 125 cm³/mol. The Morgan fingerprint density at radius 2 is 1.42 bits per heavy atom. The fourth-order valence-corrected chi connectivity index (χ4v) is 3.37. The zero-order chi connectivity index (χ0) is 25.5. The Balaban J connectivity index is 1.67. The van der Waals surface area contributed by atoms with E-state index in [1.165, 1.54) is 6.07 Å². The van der Waals surface area contributed by atoms with Gasteiger partial charge in [-0.25, -0.2) is 4.79 Å². The number of halogens is 3. The number of hydrogen-bond acceptors (Lipinski definition) is 5. The highest BCUT2D eigenvalue weighted by Gasteiger charge is 2.33. The molecule has 0 spiro atoms.